The summed E-state index contributed by atoms with van der Waals surface area (Å²) in [7, 11) is 0. The molecule has 7 heteroatoms. The summed E-state index contributed by atoms with van der Waals surface area (Å²) in [5.41, 5.74) is 1.80. The van der Waals surface area contributed by atoms with Crippen molar-refractivity contribution in [1.29, 1.82) is 5.26 Å². The Kier molecular flexibility index (Phi) is 4.82. The first-order valence-electron chi connectivity index (χ1n) is 9.10. The molecule has 138 valence electrons. The van der Waals surface area contributed by atoms with E-state index in [1.54, 1.807) is 35.2 Å². The molecule has 6 nitrogen and oxygen atoms in total. The van der Waals surface area contributed by atoms with Crippen LogP contribution < -0.4 is 5.32 Å². The molecule has 0 aromatic carbocycles. The van der Waals surface area contributed by atoms with Gasteiger partial charge in [-0.05, 0) is 44.7 Å². The van der Waals surface area contributed by atoms with Gasteiger partial charge in [-0.25, -0.2) is 4.98 Å². The Balaban J connectivity index is 1.46. The largest absolute Gasteiger partial charge is 0.443 e. The highest BCUT2D eigenvalue weighted by molar-refractivity contribution is 7.11. The number of furan rings is 1. The van der Waals surface area contributed by atoms with E-state index in [0.717, 1.165) is 17.8 Å². The molecular weight excluding hydrogens is 360 g/mol. The fraction of sp³-hybridized carbons (Fsp3) is 0.350. The van der Waals surface area contributed by atoms with Crippen LogP contribution in [0.3, 0.4) is 0 Å². The molecule has 0 fully saturated rings. The molecule has 1 aliphatic rings. The number of amides is 1. The third-order valence-corrected chi connectivity index (χ3v) is 5.98. The van der Waals surface area contributed by atoms with E-state index in [9.17, 15) is 10.1 Å². The number of nitriles is 1. The highest BCUT2D eigenvalue weighted by Crippen LogP contribution is 2.27. The van der Waals surface area contributed by atoms with Crippen LogP contribution in [-0.4, -0.2) is 22.0 Å². The Morgan fingerprint density at radius 1 is 1.37 bits per heavy atom. The van der Waals surface area contributed by atoms with Gasteiger partial charge in [-0.1, -0.05) is 0 Å². The topological polar surface area (TPSA) is 83.8 Å². The van der Waals surface area contributed by atoms with E-state index in [2.05, 4.69) is 11.4 Å². The van der Waals surface area contributed by atoms with Crippen molar-refractivity contribution in [1.82, 2.24) is 14.9 Å². The molecule has 0 saturated carbocycles. The highest BCUT2D eigenvalue weighted by atomic mass is 32.1. The van der Waals surface area contributed by atoms with E-state index in [0.29, 0.717) is 30.2 Å². The molecule has 0 saturated heterocycles. The second-order valence-corrected chi connectivity index (χ2v) is 7.77. The molecule has 3 heterocycles. The monoisotopic (exact) mass is 380 g/mol. The molecule has 1 N–H and O–H groups in total. The predicted octanol–water partition coefficient (Wildman–Crippen LogP) is 3.56. The average molecular weight is 380 g/mol. The van der Waals surface area contributed by atoms with Gasteiger partial charge in [0.2, 0.25) is 5.88 Å². The molecule has 3 aromatic rings. The SMILES string of the molecule is Cc1oc(-n2cccc2)c(C#N)c1C(=O)NCCc1nc2c(s1)CCCC2. The highest BCUT2D eigenvalue weighted by Gasteiger charge is 2.24. The number of fused-ring (bicyclic) bond motifs is 1. The minimum Gasteiger partial charge on any atom is -0.443 e. The van der Waals surface area contributed by atoms with Gasteiger partial charge in [0.15, 0.2) is 0 Å². The molecule has 0 bridgehead atoms. The zero-order valence-corrected chi connectivity index (χ0v) is 15.9. The molecule has 1 aliphatic carbocycles. The molecule has 0 unspecified atom stereocenters. The third-order valence-electron chi connectivity index (χ3n) is 4.76. The molecule has 0 spiro atoms. The normalized spacial score (nSPS) is 13.2. The maximum absolute atomic E-state index is 12.7. The Morgan fingerprint density at radius 2 is 2.15 bits per heavy atom. The van der Waals surface area contributed by atoms with Crippen molar-refractivity contribution in [2.45, 2.75) is 39.0 Å². The summed E-state index contributed by atoms with van der Waals surface area (Å²) in [5.74, 6) is 0.530. The second-order valence-electron chi connectivity index (χ2n) is 6.61. The predicted molar refractivity (Wildman–Crippen MR) is 102 cm³/mol. The van der Waals surface area contributed by atoms with Gasteiger partial charge < -0.3 is 9.73 Å². The number of aromatic nitrogens is 2. The number of nitrogens with one attached hydrogen (secondary N) is 1. The van der Waals surface area contributed by atoms with Gasteiger partial charge in [-0.3, -0.25) is 9.36 Å². The number of rotatable bonds is 5. The molecule has 0 radical (unpaired) electrons. The zero-order valence-electron chi connectivity index (χ0n) is 15.1. The Labute approximate surface area is 161 Å². The molecule has 0 aliphatic heterocycles. The van der Waals surface area contributed by atoms with Crippen molar-refractivity contribution in [2.24, 2.45) is 0 Å². The number of carbonyl (C=O) groups excluding carboxylic acids is 1. The molecule has 3 aromatic heterocycles. The minimum absolute atomic E-state index is 0.255. The van der Waals surface area contributed by atoms with Crippen LogP contribution in [-0.2, 0) is 19.3 Å². The Hall–Kier alpha value is -2.85. The van der Waals surface area contributed by atoms with E-state index < -0.39 is 0 Å². The van der Waals surface area contributed by atoms with Crippen molar-refractivity contribution in [3.63, 3.8) is 0 Å². The first kappa shape index (κ1) is 17.6. The summed E-state index contributed by atoms with van der Waals surface area (Å²) < 4.78 is 7.39. The lowest BCUT2D eigenvalue weighted by atomic mass is 10.0. The summed E-state index contributed by atoms with van der Waals surface area (Å²) in [6, 6.07) is 5.79. The van der Waals surface area contributed by atoms with Crippen LogP contribution in [0.5, 0.6) is 0 Å². The zero-order chi connectivity index (χ0) is 18.8. The standard InChI is InChI=1S/C20H20N4O2S/c1-13-18(14(12-21)20(26-13)24-10-4-5-11-24)19(25)22-9-8-17-23-15-6-2-3-7-16(15)27-17/h4-5,10-11H,2-3,6-9H2,1H3,(H,22,25). The van der Waals surface area contributed by atoms with Crippen LogP contribution in [0.25, 0.3) is 5.88 Å². The van der Waals surface area contributed by atoms with Crippen molar-refractivity contribution in [3.8, 4) is 12.0 Å². The fourth-order valence-electron chi connectivity index (χ4n) is 3.44. The van der Waals surface area contributed by atoms with Gasteiger partial charge in [0, 0.05) is 30.2 Å². The molecule has 4 rings (SSSR count). The summed E-state index contributed by atoms with van der Waals surface area (Å²) in [6.07, 6.45) is 8.92. The van der Waals surface area contributed by atoms with Crippen LogP contribution >= 0.6 is 11.3 Å². The molecule has 0 atom stereocenters. The lowest BCUT2D eigenvalue weighted by Gasteiger charge is -2.06. The Bertz CT molecular complexity index is 984. The minimum atomic E-state index is -0.285. The third kappa shape index (κ3) is 3.40. The van der Waals surface area contributed by atoms with E-state index in [1.807, 2.05) is 12.1 Å². The lowest BCUT2D eigenvalue weighted by molar-refractivity contribution is 0.0952. The van der Waals surface area contributed by atoms with Gasteiger partial charge in [0.1, 0.15) is 23.0 Å². The summed E-state index contributed by atoms with van der Waals surface area (Å²) in [5, 5.41) is 13.5. The number of nitrogens with zero attached hydrogens (tertiary/aromatic N) is 3. The van der Waals surface area contributed by atoms with Crippen molar-refractivity contribution in [2.75, 3.05) is 6.54 Å². The average Bonchev–Trinajstić information content (AvgIpc) is 3.38. The maximum atomic E-state index is 12.7. The number of hydrogen-bond donors (Lipinski definition) is 1. The quantitative estimate of drug-likeness (QED) is 0.733. The number of hydrogen-bond acceptors (Lipinski definition) is 5. The van der Waals surface area contributed by atoms with Crippen molar-refractivity contribution < 1.29 is 9.21 Å². The van der Waals surface area contributed by atoms with E-state index >= 15 is 0 Å². The first-order valence-corrected chi connectivity index (χ1v) is 9.91. The Morgan fingerprint density at radius 3 is 2.89 bits per heavy atom. The smallest absolute Gasteiger partial charge is 0.256 e. The summed E-state index contributed by atoms with van der Waals surface area (Å²) >= 11 is 1.76. The molecule has 27 heavy (non-hydrogen) atoms. The van der Waals surface area contributed by atoms with Gasteiger partial charge >= 0.3 is 0 Å². The van der Waals surface area contributed by atoms with Crippen LogP contribution in [0.4, 0.5) is 0 Å². The van der Waals surface area contributed by atoms with Crippen LogP contribution in [0.2, 0.25) is 0 Å². The van der Waals surface area contributed by atoms with Gasteiger partial charge in [0.25, 0.3) is 5.91 Å². The molecular formula is C20H20N4O2S. The number of carbonyl (C=O) groups is 1. The van der Waals surface area contributed by atoms with Crippen LogP contribution in [0.1, 0.15) is 50.1 Å². The molecule has 1 amide bonds. The second kappa shape index (κ2) is 7.41. The number of aryl methyl sites for hydroxylation is 3. The van der Waals surface area contributed by atoms with E-state index in [4.69, 9.17) is 9.40 Å². The lowest BCUT2D eigenvalue weighted by Crippen LogP contribution is -2.26. The number of thiazole rings is 1. The van der Waals surface area contributed by atoms with Gasteiger partial charge in [-0.2, -0.15) is 5.26 Å². The summed E-state index contributed by atoms with van der Waals surface area (Å²) in [6.45, 7) is 2.19. The first-order chi connectivity index (χ1) is 13.2. The van der Waals surface area contributed by atoms with E-state index in [1.165, 1.54) is 23.4 Å². The van der Waals surface area contributed by atoms with Gasteiger partial charge in [0.05, 0.1) is 10.7 Å². The maximum Gasteiger partial charge on any atom is 0.256 e. The van der Waals surface area contributed by atoms with E-state index in [-0.39, 0.29) is 11.5 Å². The van der Waals surface area contributed by atoms with Crippen LogP contribution in [0.15, 0.2) is 28.9 Å². The van der Waals surface area contributed by atoms with Gasteiger partial charge in [-0.15, -0.1) is 11.3 Å². The van der Waals surface area contributed by atoms with Crippen molar-refractivity contribution in [3.05, 3.63) is 57.0 Å². The van der Waals surface area contributed by atoms with Crippen LogP contribution in [0, 0.1) is 18.3 Å². The van der Waals surface area contributed by atoms with Crippen molar-refractivity contribution >= 4 is 17.2 Å². The summed E-state index contributed by atoms with van der Waals surface area (Å²) in [4.78, 5) is 18.8. The fourth-order valence-corrected chi connectivity index (χ4v) is 4.60.